The van der Waals surface area contributed by atoms with Crippen molar-refractivity contribution < 1.29 is 4.39 Å². The van der Waals surface area contributed by atoms with Crippen LogP contribution < -0.4 is 5.73 Å². The van der Waals surface area contributed by atoms with Crippen LogP contribution in [0, 0.1) is 11.7 Å². The fourth-order valence-corrected chi connectivity index (χ4v) is 2.69. The van der Waals surface area contributed by atoms with Crippen LogP contribution in [0.3, 0.4) is 0 Å². The van der Waals surface area contributed by atoms with Crippen molar-refractivity contribution in [2.75, 3.05) is 5.75 Å². The highest BCUT2D eigenvalue weighted by atomic mass is 32.2. The molecule has 1 nitrogen and oxygen atoms in total. The first-order valence-corrected chi connectivity index (χ1v) is 6.71. The molecule has 0 bridgehead atoms. The molecule has 0 aliphatic heterocycles. The van der Waals surface area contributed by atoms with Crippen LogP contribution in [0.4, 0.5) is 4.39 Å². The first-order valence-electron chi connectivity index (χ1n) is 5.73. The van der Waals surface area contributed by atoms with E-state index in [1.807, 2.05) is 13.0 Å². The van der Waals surface area contributed by atoms with Gasteiger partial charge in [0.05, 0.1) is 0 Å². The Hall–Kier alpha value is -0.540. The summed E-state index contributed by atoms with van der Waals surface area (Å²) in [6, 6.07) is 5.02. The van der Waals surface area contributed by atoms with E-state index < -0.39 is 0 Å². The van der Waals surface area contributed by atoms with E-state index in [0.717, 1.165) is 22.6 Å². The standard InChI is InChI=1S/C13H20FNS/c1-4-9(2)8-16-13-11(10(3)15)6-5-7-12(13)14/h5-7,9-10H,4,8,15H2,1-3H3/t9?,10-/m1/s1. The zero-order valence-electron chi connectivity index (χ0n) is 10.2. The van der Waals surface area contributed by atoms with Gasteiger partial charge in [-0.15, -0.1) is 11.8 Å². The Morgan fingerprint density at radius 3 is 2.62 bits per heavy atom. The lowest BCUT2D eigenvalue weighted by molar-refractivity contribution is 0.589. The lowest BCUT2D eigenvalue weighted by atomic mass is 10.1. The molecule has 0 amide bonds. The van der Waals surface area contributed by atoms with Gasteiger partial charge in [0, 0.05) is 16.7 Å². The first kappa shape index (κ1) is 13.5. The van der Waals surface area contributed by atoms with E-state index in [4.69, 9.17) is 5.73 Å². The highest BCUT2D eigenvalue weighted by Gasteiger charge is 2.12. The quantitative estimate of drug-likeness (QED) is 0.789. The number of nitrogens with two attached hydrogens (primary N) is 1. The van der Waals surface area contributed by atoms with E-state index >= 15 is 0 Å². The zero-order chi connectivity index (χ0) is 12.1. The van der Waals surface area contributed by atoms with Crippen LogP contribution in [0.5, 0.6) is 0 Å². The zero-order valence-corrected chi connectivity index (χ0v) is 11.0. The highest BCUT2D eigenvalue weighted by Crippen LogP contribution is 2.31. The molecule has 90 valence electrons. The van der Waals surface area contributed by atoms with E-state index in [2.05, 4.69) is 13.8 Å². The van der Waals surface area contributed by atoms with E-state index in [1.54, 1.807) is 17.8 Å². The van der Waals surface area contributed by atoms with Gasteiger partial charge in [-0.3, -0.25) is 0 Å². The maximum atomic E-state index is 13.7. The van der Waals surface area contributed by atoms with Gasteiger partial charge < -0.3 is 5.73 Å². The minimum atomic E-state index is -0.150. The van der Waals surface area contributed by atoms with Gasteiger partial charge in [-0.25, -0.2) is 4.39 Å². The molecular weight excluding hydrogens is 221 g/mol. The van der Waals surface area contributed by atoms with E-state index in [9.17, 15) is 4.39 Å². The van der Waals surface area contributed by atoms with Crippen LogP contribution in [0.25, 0.3) is 0 Å². The molecule has 1 unspecified atom stereocenters. The number of benzene rings is 1. The maximum Gasteiger partial charge on any atom is 0.137 e. The van der Waals surface area contributed by atoms with Gasteiger partial charge in [0.2, 0.25) is 0 Å². The molecule has 1 aromatic carbocycles. The normalized spacial score (nSPS) is 14.8. The van der Waals surface area contributed by atoms with Crippen molar-refractivity contribution in [1.82, 2.24) is 0 Å². The summed E-state index contributed by atoms with van der Waals surface area (Å²) >= 11 is 1.58. The van der Waals surface area contributed by atoms with Gasteiger partial charge in [-0.2, -0.15) is 0 Å². The third-order valence-electron chi connectivity index (χ3n) is 2.70. The summed E-state index contributed by atoms with van der Waals surface area (Å²) in [6.45, 7) is 6.22. The average Bonchev–Trinajstić information content (AvgIpc) is 2.26. The molecule has 0 saturated carbocycles. The molecule has 1 aromatic rings. The number of hydrogen-bond donors (Lipinski definition) is 1. The van der Waals surface area contributed by atoms with Crippen molar-refractivity contribution in [3.05, 3.63) is 29.6 Å². The molecule has 3 heteroatoms. The molecule has 0 radical (unpaired) electrons. The Morgan fingerprint density at radius 2 is 2.06 bits per heavy atom. The number of thioether (sulfide) groups is 1. The molecule has 0 aliphatic carbocycles. The molecule has 0 fully saturated rings. The fourth-order valence-electron chi connectivity index (χ4n) is 1.38. The van der Waals surface area contributed by atoms with Crippen molar-refractivity contribution in [1.29, 1.82) is 0 Å². The molecule has 1 rings (SSSR count). The number of rotatable bonds is 5. The molecule has 0 saturated heterocycles. The summed E-state index contributed by atoms with van der Waals surface area (Å²) in [5.41, 5.74) is 6.75. The Morgan fingerprint density at radius 1 is 1.38 bits per heavy atom. The van der Waals surface area contributed by atoms with E-state index in [1.165, 1.54) is 6.07 Å². The Labute approximate surface area is 102 Å². The molecule has 2 atom stereocenters. The summed E-state index contributed by atoms with van der Waals surface area (Å²) in [4.78, 5) is 0.720. The molecule has 0 aliphatic rings. The van der Waals surface area contributed by atoms with Gasteiger partial charge in [0.1, 0.15) is 5.82 Å². The van der Waals surface area contributed by atoms with Gasteiger partial charge in [-0.1, -0.05) is 32.4 Å². The second-order valence-corrected chi connectivity index (χ2v) is 5.30. The van der Waals surface area contributed by atoms with Crippen LogP contribution >= 0.6 is 11.8 Å². The van der Waals surface area contributed by atoms with Crippen molar-refractivity contribution in [2.45, 2.75) is 38.1 Å². The third kappa shape index (κ3) is 3.49. The number of hydrogen-bond acceptors (Lipinski definition) is 2. The highest BCUT2D eigenvalue weighted by molar-refractivity contribution is 7.99. The number of halogens is 1. The van der Waals surface area contributed by atoms with Crippen LogP contribution in [-0.4, -0.2) is 5.75 Å². The van der Waals surface area contributed by atoms with Crippen molar-refractivity contribution in [2.24, 2.45) is 11.7 Å². The van der Waals surface area contributed by atoms with Gasteiger partial charge >= 0.3 is 0 Å². The molecule has 0 heterocycles. The molecular formula is C13H20FNS. The van der Waals surface area contributed by atoms with Gasteiger partial charge in [-0.05, 0) is 24.5 Å². The lowest BCUT2D eigenvalue weighted by Crippen LogP contribution is -2.08. The molecule has 2 N–H and O–H groups in total. The topological polar surface area (TPSA) is 26.0 Å². The van der Waals surface area contributed by atoms with Gasteiger partial charge in [0.25, 0.3) is 0 Å². The average molecular weight is 241 g/mol. The first-order chi connectivity index (χ1) is 7.56. The minimum Gasteiger partial charge on any atom is -0.324 e. The molecule has 0 aromatic heterocycles. The van der Waals surface area contributed by atoms with Crippen LogP contribution in [0.15, 0.2) is 23.1 Å². The van der Waals surface area contributed by atoms with E-state index in [-0.39, 0.29) is 11.9 Å². The molecule has 0 spiro atoms. The second kappa shape index (κ2) is 6.26. The van der Waals surface area contributed by atoms with E-state index in [0.29, 0.717) is 5.92 Å². The summed E-state index contributed by atoms with van der Waals surface area (Å²) < 4.78 is 13.7. The smallest absolute Gasteiger partial charge is 0.137 e. The summed E-state index contributed by atoms with van der Waals surface area (Å²) in [7, 11) is 0. The van der Waals surface area contributed by atoms with Crippen molar-refractivity contribution in [3.63, 3.8) is 0 Å². The maximum absolute atomic E-state index is 13.7. The lowest BCUT2D eigenvalue weighted by Gasteiger charge is -2.14. The monoisotopic (exact) mass is 241 g/mol. The molecule has 16 heavy (non-hydrogen) atoms. The van der Waals surface area contributed by atoms with Crippen LogP contribution in [-0.2, 0) is 0 Å². The third-order valence-corrected chi connectivity index (χ3v) is 4.15. The second-order valence-electron chi connectivity index (χ2n) is 4.27. The Kier molecular flexibility index (Phi) is 5.29. The van der Waals surface area contributed by atoms with Crippen LogP contribution in [0.2, 0.25) is 0 Å². The SMILES string of the molecule is CCC(C)CSc1c(F)cccc1[C@@H](C)N. The van der Waals surface area contributed by atoms with Crippen molar-refractivity contribution in [3.8, 4) is 0 Å². The Bertz CT molecular complexity index is 339. The minimum absolute atomic E-state index is 0.116. The predicted octanol–water partition coefficient (Wildman–Crippen LogP) is 3.98. The fraction of sp³-hybridized carbons (Fsp3) is 0.538. The Balaban J connectivity index is 2.84. The largest absolute Gasteiger partial charge is 0.324 e. The van der Waals surface area contributed by atoms with Crippen LogP contribution in [0.1, 0.15) is 38.8 Å². The summed E-state index contributed by atoms with van der Waals surface area (Å²) in [5.74, 6) is 1.39. The summed E-state index contributed by atoms with van der Waals surface area (Å²) in [6.07, 6.45) is 1.12. The van der Waals surface area contributed by atoms with Crippen molar-refractivity contribution >= 4 is 11.8 Å². The predicted molar refractivity (Wildman–Crippen MR) is 69.2 cm³/mol. The van der Waals surface area contributed by atoms with Gasteiger partial charge in [0.15, 0.2) is 0 Å². The summed E-state index contributed by atoms with van der Waals surface area (Å²) in [5, 5.41) is 0.